The van der Waals surface area contributed by atoms with Crippen LogP contribution in [0.2, 0.25) is 0 Å². The van der Waals surface area contributed by atoms with Gasteiger partial charge in [0.1, 0.15) is 0 Å². The minimum absolute atomic E-state index is 0.0219. The molecule has 0 radical (unpaired) electrons. The number of nitrogens with zero attached hydrogens (tertiary/aromatic N) is 1. The summed E-state index contributed by atoms with van der Waals surface area (Å²) in [7, 11) is 1.48. The van der Waals surface area contributed by atoms with Crippen molar-refractivity contribution in [3.63, 3.8) is 0 Å². The molecule has 0 amide bonds. The van der Waals surface area contributed by atoms with Crippen molar-refractivity contribution in [2.45, 2.75) is 19.4 Å². The molecule has 2 aromatic carbocycles. The Morgan fingerprint density at radius 1 is 1.10 bits per heavy atom. The SMILES string of the molecule is COc1c[nH]c(CN2CCC[C@H](C(=O)c3ccc(-c4ccccc4)cc3)C2)cc1=O. The van der Waals surface area contributed by atoms with E-state index in [4.69, 9.17) is 4.74 Å². The van der Waals surface area contributed by atoms with E-state index in [1.807, 2.05) is 42.5 Å². The summed E-state index contributed by atoms with van der Waals surface area (Å²) < 4.78 is 5.02. The van der Waals surface area contributed by atoms with E-state index in [9.17, 15) is 9.59 Å². The first-order valence-corrected chi connectivity index (χ1v) is 10.3. The van der Waals surface area contributed by atoms with Gasteiger partial charge in [0, 0.05) is 42.5 Å². The van der Waals surface area contributed by atoms with Crippen molar-refractivity contribution in [2.75, 3.05) is 20.2 Å². The molecular formula is C25H26N2O3. The van der Waals surface area contributed by atoms with Crippen molar-refractivity contribution in [3.05, 3.63) is 88.3 Å². The third-order valence-corrected chi connectivity index (χ3v) is 5.70. The summed E-state index contributed by atoms with van der Waals surface area (Å²) in [6.07, 6.45) is 3.46. The number of rotatable bonds is 6. The lowest BCUT2D eigenvalue weighted by molar-refractivity contribution is 0.0810. The summed E-state index contributed by atoms with van der Waals surface area (Å²) in [5.74, 6) is 0.484. The summed E-state index contributed by atoms with van der Waals surface area (Å²) in [6.45, 7) is 2.24. The fraction of sp³-hybridized carbons (Fsp3) is 0.280. The van der Waals surface area contributed by atoms with Crippen molar-refractivity contribution in [1.29, 1.82) is 0 Å². The van der Waals surface area contributed by atoms with Gasteiger partial charge in [-0.2, -0.15) is 0 Å². The molecule has 1 atom stereocenters. The Balaban J connectivity index is 1.42. The molecule has 1 fully saturated rings. The molecule has 3 aromatic rings. The van der Waals surface area contributed by atoms with Crippen LogP contribution < -0.4 is 10.2 Å². The second-order valence-corrected chi connectivity index (χ2v) is 7.77. The summed E-state index contributed by atoms with van der Waals surface area (Å²) in [5.41, 5.74) is 3.73. The van der Waals surface area contributed by atoms with E-state index in [0.29, 0.717) is 18.8 Å². The summed E-state index contributed by atoms with van der Waals surface area (Å²) in [6, 6.07) is 19.6. The Hall–Kier alpha value is -3.18. The zero-order chi connectivity index (χ0) is 20.9. The normalized spacial score (nSPS) is 16.9. The van der Waals surface area contributed by atoms with E-state index in [1.54, 1.807) is 12.3 Å². The number of carbonyl (C=O) groups is 1. The average Bonchev–Trinajstić information content (AvgIpc) is 2.80. The number of hydrogen-bond donors (Lipinski definition) is 1. The Morgan fingerprint density at radius 2 is 1.83 bits per heavy atom. The lowest BCUT2D eigenvalue weighted by Gasteiger charge is -2.31. The van der Waals surface area contributed by atoms with Crippen LogP contribution in [0.15, 0.2) is 71.7 Å². The maximum Gasteiger partial charge on any atom is 0.223 e. The van der Waals surface area contributed by atoms with Crippen molar-refractivity contribution in [1.82, 2.24) is 9.88 Å². The second-order valence-electron chi connectivity index (χ2n) is 7.77. The predicted octanol–water partition coefficient (Wildman–Crippen LogP) is 4.15. The Kier molecular flexibility index (Phi) is 6.10. The molecule has 0 aliphatic carbocycles. The number of likely N-dealkylation sites (tertiary alicyclic amines) is 1. The molecule has 154 valence electrons. The molecule has 1 aliphatic heterocycles. The zero-order valence-electron chi connectivity index (χ0n) is 17.1. The molecule has 0 unspecified atom stereocenters. The monoisotopic (exact) mass is 402 g/mol. The van der Waals surface area contributed by atoms with Gasteiger partial charge in [0.05, 0.1) is 7.11 Å². The van der Waals surface area contributed by atoms with Gasteiger partial charge in [0.2, 0.25) is 5.43 Å². The fourth-order valence-electron chi connectivity index (χ4n) is 4.10. The number of aromatic nitrogens is 1. The number of H-pyrrole nitrogens is 1. The van der Waals surface area contributed by atoms with Gasteiger partial charge in [0.15, 0.2) is 11.5 Å². The van der Waals surface area contributed by atoms with Crippen LogP contribution in [0.25, 0.3) is 11.1 Å². The van der Waals surface area contributed by atoms with Crippen molar-refractivity contribution in [2.24, 2.45) is 5.92 Å². The molecule has 2 heterocycles. The number of hydrogen-bond acceptors (Lipinski definition) is 4. The molecule has 5 nitrogen and oxygen atoms in total. The van der Waals surface area contributed by atoms with E-state index in [-0.39, 0.29) is 17.1 Å². The number of ether oxygens (including phenoxy) is 1. The molecule has 0 saturated carbocycles. The van der Waals surface area contributed by atoms with Gasteiger partial charge in [-0.15, -0.1) is 0 Å². The molecule has 1 N–H and O–H groups in total. The number of Topliss-reactive ketones (excluding diaryl/α,β-unsaturated/α-hetero) is 1. The molecule has 1 saturated heterocycles. The van der Waals surface area contributed by atoms with Crippen LogP contribution in [0, 0.1) is 5.92 Å². The molecular weight excluding hydrogens is 376 g/mol. The molecule has 0 spiro atoms. The summed E-state index contributed by atoms with van der Waals surface area (Å²) in [4.78, 5) is 30.4. The third kappa shape index (κ3) is 4.52. The van der Waals surface area contributed by atoms with E-state index in [1.165, 1.54) is 7.11 Å². The predicted molar refractivity (Wildman–Crippen MR) is 118 cm³/mol. The number of nitrogens with one attached hydrogen (secondary N) is 1. The third-order valence-electron chi connectivity index (χ3n) is 5.70. The number of ketones is 1. The first-order chi connectivity index (χ1) is 14.6. The van der Waals surface area contributed by atoms with Gasteiger partial charge in [0.25, 0.3) is 0 Å². The van der Waals surface area contributed by atoms with Gasteiger partial charge < -0.3 is 9.72 Å². The molecule has 30 heavy (non-hydrogen) atoms. The van der Waals surface area contributed by atoms with Crippen molar-refractivity contribution in [3.8, 4) is 16.9 Å². The number of pyridine rings is 1. The number of methoxy groups -OCH3 is 1. The fourth-order valence-corrected chi connectivity index (χ4v) is 4.10. The first-order valence-electron chi connectivity index (χ1n) is 10.3. The minimum atomic E-state index is -0.130. The summed E-state index contributed by atoms with van der Waals surface area (Å²) >= 11 is 0. The molecule has 1 aromatic heterocycles. The number of benzene rings is 2. The van der Waals surface area contributed by atoms with Gasteiger partial charge in [-0.1, -0.05) is 54.6 Å². The Labute approximate surface area is 176 Å². The van der Waals surface area contributed by atoms with E-state index >= 15 is 0 Å². The first kappa shape index (κ1) is 20.1. The maximum atomic E-state index is 13.1. The Morgan fingerprint density at radius 3 is 2.53 bits per heavy atom. The highest BCUT2D eigenvalue weighted by Gasteiger charge is 2.26. The quantitative estimate of drug-likeness (QED) is 0.630. The topological polar surface area (TPSA) is 62.4 Å². The van der Waals surface area contributed by atoms with E-state index in [0.717, 1.165) is 41.8 Å². The minimum Gasteiger partial charge on any atom is -0.491 e. The zero-order valence-corrected chi connectivity index (χ0v) is 17.1. The highest BCUT2D eigenvalue weighted by atomic mass is 16.5. The van der Waals surface area contributed by atoms with E-state index < -0.39 is 0 Å². The Bertz CT molecular complexity index is 1060. The molecule has 0 bridgehead atoms. The standard InChI is InChI=1S/C25H26N2O3/c1-30-24-15-26-22(14-23(24)28)17-27-13-5-8-21(16-27)25(29)20-11-9-19(10-12-20)18-6-3-2-4-7-18/h2-4,6-7,9-12,14-15,21H,5,8,13,16-17H2,1H3,(H,26,28)/t21-/m0/s1. The van der Waals surface area contributed by atoms with Crippen LogP contribution in [-0.4, -0.2) is 35.9 Å². The van der Waals surface area contributed by atoms with Crippen LogP contribution in [0.1, 0.15) is 28.9 Å². The number of aromatic amines is 1. The lowest BCUT2D eigenvalue weighted by atomic mass is 9.89. The van der Waals surface area contributed by atoms with Gasteiger partial charge in [-0.05, 0) is 30.5 Å². The number of piperidine rings is 1. The maximum absolute atomic E-state index is 13.1. The van der Waals surface area contributed by atoms with Crippen LogP contribution in [0.4, 0.5) is 0 Å². The number of carbonyl (C=O) groups excluding carboxylic acids is 1. The molecule has 1 aliphatic rings. The summed E-state index contributed by atoms with van der Waals surface area (Å²) in [5, 5.41) is 0. The smallest absolute Gasteiger partial charge is 0.223 e. The van der Waals surface area contributed by atoms with Crippen molar-refractivity contribution >= 4 is 5.78 Å². The van der Waals surface area contributed by atoms with Gasteiger partial charge >= 0.3 is 0 Å². The van der Waals surface area contributed by atoms with Crippen LogP contribution in [0.5, 0.6) is 5.75 Å². The molecule has 4 rings (SSSR count). The van der Waals surface area contributed by atoms with Gasteiger partial charge in [-0.25, -0.2) is 0 Å². The average molecular weight is 402 g/mol. The lowest BCUT2D eigenvalue weighted by Crippen LogP contribution is -2.38. The van der Waals surface area contributed by atoms with Gasteiger partial charge in [-0.3, -0.25) is 14.5 Å². The molecule has 5 heteroatoms. The van der Waals surface area contributed by atoms with Crippen LogP contribution >= 0.6 is 0 Å². The second kappa shape index (κ2) is 9.09. The highest BCUT2D eigenvalue weighted by molar-refractivity contribution is 5.98. The highest BCUT2D eigenvalue weighted by Crippen LogP contribution is 2.24. The van der Waals surface area contributed by atoms with Crippen LogP contribution in [0.3, 0.4) is 0 Å². The van der Waals surface area contributed by atoms with Crippen molar-refractivity contribution < 1.29 is 9.53 Å². The largest absolute Gasteiger partial charge is 0.491 e. The van der Waals surface area contributed by atoms with Crippen LogP contribution in [-0.2, 0) is 6.54 Å². The van der Waals surface area contributed by atoms with E-state index in [2.05, 4.69) is 22.0 Å².